The van der Waals surface area contributed by atoms with Crippen LogP contribution in [0, 0.1) is 0 Å². The van der Waals surface area contributed by atoms with E-state index in [-0.39, 0.29) is 0 Å². The highest BCUT2D eigenvalue weighted by Crippen LogP contribution is 2.22. The van der Waals surface area contributed by atoms with Gasteiger partial charge in [-0.05, 0) is 34.1 Å². The highest BCUT2D eigenvalue weighted by Gasteiger charge is 2.14. The number of pyridine rings is 1. The Labute approximate surface area is 148 Å². The predicted octanol–water partition coefficient (Wildman–Crippen LogP) is 3.48. The van der Waals surface area contributed by atoms with Crippen LogP contribution in [-0.2, 0) is 13.6 Å². The van der Waals surface area contributed by atoms with Gasteiger partial charge in [-0.2, -0.15) is 5.10 Å². The second-order valence-electron chi connectivity index (χ2n) is 5.20. The molecule has 0 unspecified atom stereocenters. The molecule has 0 bridgehead atoms. The minimum Gasteiger partial charge on any atom is -0.473 e. The van der Waals surface area contributed by atoms with Crippen molar-refractivity contribution >= 4 is 27.5 Å². The summed E-state index contributed by atoms with van der Waals surface area (Å²) in [5, 5.41) is 5.12. The van der Waals surface area contributed by atoms with Crippen LogP contribution in [0.4, 0.5) is 0 Å². The minimum absolute atomic E-state index is 0.373. The van der Waals surface area contributed by atoms with Gasteiger partial charge in [0.1, 0.15) is 11.2 Å². The molecule has 2 aromatic rings. The van der Waals surface area contributed by atoms with Crippen molar-refractivity contribution in [3.8, 4) is 5.88 Å². The van der Waals surface area contributed by atoms with E-state index in [4.69, 9.17) is 16.3 Å². The second kappa shape index (κ2) is 7.19. The molecular weight excluding hydrogens is 380 g/mol. The lowest BCUT2D eigenvalue weighted by atomic mass is 10.2. The van der Waals surface area contributed by atoms with E-state index in [0.29, 0.717) is 12.5 Å². The molecule has 7 heteroatoms. The number of rotatable bonds is 5. The molecule has 120 valence electrons. The summed E-state index contributed by atoms with van der Waals surface area (Å²) >= 11 is 9.62. The molecule has 5 nitrogen and oxygen atoms in total. The van der Waals surface area contributed by atoms with Crippen molar-refractivity contribution in [2.24, 2.45) is 7.05 Å². The summed E-state index contributed by atoms with van der Waals surface area (Å²) in [6.45, 7) is 1.87. The third-order valence-electron chi connectivity index (χ3n) is 3.35. The van der Waals surface area contributed by atoms with Crippen LogP contribution in [0.5, 0.6) is 5.88 Å². The molecule has 0 fully saturated rings. The van der Waals surface area contributed by atoms with Gasteiger partial charge in [0.05, 0.1) is 12.2 Å². The number of ether oxygens (including phenoxy) is 1. The maximum absolute atomic E-state index is 6.29. The number of hydrogen-bond acceptors (Lipinski definition) is 4. The molecule has 0 spiro atoms. The zero-order valence-electron chi connectivity index (χ0n) is 12.6. The molecule has 3 rings (SSSR count). The average Bonchev–Trinajstić information content (AvgIpc) is 2.93. The van der Waals surface area contributed by atoms with Crippen LogP contribution < -0.4 is 4.74 Å². The number of hydrogen-bond donors (Lipinski definition) is 0. The van der Waals surface area contributed by atoms with E-state index in [1.165, 1.54) is 0 Å². The van der Waals surface area contributed by atoms with Gasteiger partial charge in [0.15, 0.2) is 0 Å². The van der Waals surface area contributed by atoms with Gasteiger partial charge >= 0.3 is 0 Å². The number of halogens is 2. The lowest BCUT2D eigenvalue weighted by Crippen LogP contribution is -2.22. The second-order valence-corrected chi connectivity index (χ2v) is 6.42. The molecule has 0 aromatic carbocycles. The summed E-state index contributed by atoms with van der Waals surface area (Å²) in [7, 11) is 1.91. The van der Waals surface area contributed by atoms with Gasteiger partial charge in [-0.1, -0.05) is 17.7 Å². The quantitative estimate of drug-likeness (QED) is 0.727. The maximum Gasteiger partial charge on any atom is 0.214 e. The van der Waals surface area contributed by atoms with E-state index in [9.17, 15) is 0 Å². The monoisotopic (exact) mass is 394 g/mol. The fraction of sp³-hybridized carbons (Fsp3) is 0.250. The summed E-state index contributed by atoms with van der Waals surface area (Å²) in [5.41, 5.74) is 1.94. The molecule has 0 aliphatic carbocycles. The van der Waals surface area contributed by atoms with Crippen molar-refractivity contribution in [1.82, 2.24) is 19.7 Å². The van der Waals surface area contributed by atoms with E-state index in [1.807, 2.05) is 49.8 Å². The van der Waals surface area contributed by atoms with E-state index in [1.54, 1.807) is 4.68 Å². The molecule has 0 radical (unpaired) electrons. The lowest BCUT2D eigenvalue weighted by molar-refractivity contribution is 0.328. The Bertz CT molecular complexity index is 756. The molecule has 0 N–H and O–H groups in total. The van der Waals surface area contributed by atoms with Crippen LogP contribution in [0.3, 0.4) is 0 Å². The summed E-state index contributed by atoms with van der Waals surface area (Å²) in [4.78, 5) is 6.40. The van der Waals surface area contributed by atoms with Crippen LogP contribution in [-0.4, -0.2) is 32.8 Å². The predicted molar refractivity (Wildman–Crippen MR) is 93.1 cm³/mol. The normalized spacial score (nSPS) is 14.5. The summed E-state index contributed by atoms with van der Waals surface area (Å²) in [5.74, 6) is 0.562. The Balaban J connectivity index is 1.65. The van der Waals surface area contributed by atoms with Gasteiger partial charge in [-0.15, -0.1) is 0 Å². The molecule has 23 heavy (non-hydrogen) atoms. The standard InChI is InChI=1S/C16H16BrClN4O/c1-21-7-5-13(20-21)10-22-8-6-14(18)12(9-22)11-23-16-4-2-3-15(17)19-16/h2-7,9H,8,10-11H2,1H3. The molecule has 1 aliphatic heterocycles. The molecule has 0 amide bonds. The van der Waals surface area contributed by atoms with Crippen LogP contribution in [0.25, 0.3) is 0 Å². The largest absolute Gasteiger partial charge is 0.473 e. The van der Waals surface area contributed by atoms with Crippen molar-refractivity contribution < 1.29 is 4.74 Å². The molecule has 1 aliphatic rings. The Hall–Kier alpha value is -1.79. The molecule has 2 aromatic heterocycles. The Morgan fingerprint density at radius 1 is 1.35 bits per heavy atom. The Kier molecular flexibility index (Phi) is 5.03. The topological polar surface area (TPSA) is 43.2 Å². The first kappa shape index (κ1) is 16.1. The molecule has 0 atom stereocenters. The third kappa shape index (κ3) is 4.36. The summed E-state index contributed by atoms with van der Waals surface area (Å²) < 4.78 is 8.26. The van der Waals surface area contributed by atoms with Crippen molar-refractivity contribution in [2.45, 2.75) is 6.54 Å². The average molecular weight is 396 g/mol. The zero-order valence-corrected chi connectivity index (χ0v) is 15.0. The highest BCUT2D eigenvalue weighted by molar-refractivity contribution is 9.10. The SMILES string of the molecule is Cn1ccc(CN2C=C(COc3cccc(Br)n3)C(Cl)=CC2)n1. The van der Waals surface area contributed by atoms with Gasteiger partial charge in [0.2, 0.25) is 5.88 Å². The smallest absolute Gasteiger partial charge is 0.214 e. The van der Waals surface area contributed by atoms with Gasteiger partial charge in [0.25, 0.3) is 0 Å². The Morgan fingerprint density at radius 2 is 2.22 bits per heavy atom. The first-order valence-corrected chi connectivity index (χ1v) is 8.32. The summed E-state index contributed by atoms with van der Waals surface area (Å²) in [6.07, 6.45) is 5.95. The van der Waals surface area contributed by atoms with Gasteiger partial charge in [0, 0.05) is 42.7 Å². The molecule has 0 saturated carbocycles. The lowest BCUT2D eigenvalue weighted by Gasteiger charge is -2.24. The summed E-state index contributed by atoms with van der Waals surface area (Å²) in [6, 6.07) is 7.56. The molecule has 0 saturated heterocycles. The molecular formula is C16H16BrClN4O. The maximum atomic E-state index is 6.29. The first-order valence-electron chi connectivity index (χ1n) is 7.15. The minimum atomic E-state index is 0.373. The van der Waals surface area contributed by atoms with Gasteiger partial charge in [-0.25, -0.2) is 4.98 Å². The van der Waals surface area contributed by atoms with Crippen molar-refractivity contribution in [1.29, 1.82) is 0 Å². The van der Waals surface area contributed by atoms with E-state index >= 15 is 0 Å². The van der Waals surface area contributed by atoms with Crippen LogP contribution >= 0.6 is 27.5 Å². The Morgan fingerprint density at radius 3 is 2.96 bits per heavy atom. The number of aryl methyl sites for hydroxylation is 1. The van der Waals surface area contributed by atoms with Gasteiger partial charge < -0.3 is 9.64 Å². The zero-order chi connectivity index (χ0) is 16.2. The highest BCUT2D eigenvalue weighted by atomic mass is 79.9. The molecule has 3 heterocycles. The van der Waals surface area contributed by atoms with Gasteiger partial charge in [-0.3, -0.25) is 4.68 Å². The van der Waals surface area contributed by atoms with E-state index in [2.05, 4.69) is 30.9 Å². The van der Waals surface area contributed by atoms with Crippen molar-refractivity contribution in [3.63, 3.8) is 0 Å². The van der Waals surface area contributed by atoms with E-state index < -0.39 is 0 Å². The van der Waals surface area contributed by atoms with Crippen LogP contribution in [0.1, 0.15) is 5.69 Å². The fourth-order valence-electron chi connectivity index (χ4n) is 2.26. The number of aromatic nitrogens is 3. The van der Waals surface area contributed by atoms with Crippen molar-refractivity contribution in [3.05, 3.63) is 63.6 Å². The van der Waals surface area contributed by atoms with Crippen LogP contribution in [0.2, 0.25) is 0 Å². The third-order valence-corrected chi connectivity index (χ3v) is 4.19. The van der Waals surface area contributed by atoms with E-state index in [0.717, 1.165) is 34.0 Å². The first-order chi connectivity index (χ1) is 11.1. The van der Waals surface area contributed by atoms with Crippen LogP contribution in [0.15, 0.2) is 57.9 Å². The van der Waals surface area contributed by atoms with Crippen molar-refractivity contribution in [2.75, 3.05) is 13.2 Å². The fourth-order valence-corrected chi connectivity index (χ4v) is 2.76. The number of nitrogens with zero attached hydrogens (tertiary/aromatic N) is 4.